The Morgan fingerprint density at radius 1 is 0.139 bits per heavy atom. The van der Waals surface area contributed by atoms with Gasteiger partial charge in [0.15, 0.2) is 0 Å². The Labute approximate surface area is 415 Å². The lowest BCUT2D eigenvalue weighted by Crippen LogP contribution is -1.94. The van der Waals surface area contributed by atoms with Crippen LogP contribution in [0.2, 0.25) is 0 Å². The third kappa shape index (κ3) is 4.86. The van der Waals surface area contributed by atoms with Crippen molar-refractivity contribution in [3.05, 3.63) is 243 Å². The van der Waals surface area contributed by atoms with Crippen LogP contribution in [0.1, 0.15) is 0 Å². The van der Waals surface area contributed by atoms with Crippen molar-refractivity contribution < 1.29 is 0 Å². The van der Waals surface area contributed by atoms with Crippen molar-refractivity contribution in [1.29, 1.82) is 0 Å². The molecule has 0 aliphatic heterocycles. The molecule has 0 nitrogen and oxygen atoms in total. The third-order valence-electron chi connectivity index (χ3n) is 16.7. The lowest BCUT2D eigenvalue weighted by Gasteiger charge is -2.21. The molecular weight excluding hydrogens is 865 g/mol. The number of benzene rings is 15. The topological polar surface area (TPSA) is 0 Å². The first kappa shape index (κ1) is 38.5. The molecule has 17 rings (SSSR count). The minimum absolute atomic E-state index is 1.24. The zero-order valence-corrected chi connectivity index (χ0v) is 39.1. The van der Waals surface area contributed by atoms with E-state index in [1.165, 1.54) is 175 Å². The smallest absolute Gasteiger partial charge is 0.000718 e. The molecule has 0 saturated carbocycles. The van der Waals surface area contributed by atoms with Gasteiger partial charge in [-0.05, 0) is 175 Å². The van der Waals surface area contributed by atoms with Gasteiger partial charge < -0.3 is 0 Å². The van der Waals surface area contributed by atoms with Gasteiger partial charge in [-0.15, -0.1) is 0 Å². The van der Waals surface area contributed by atoms with Gasteiger partial charge in [0.1, 0.15) is 0 Å². The number of fused-ring (bicyclic) bond motifs is 12. The standard InChI is InChI=1S/C72H40/c1-3-19-43(20-4-1)61-49-27-11-13-29-51(49)65(47-31-15-23-41-17-7-9-25-45(41)47)71-59-39-35-55-54-34-38-58-68-60(40-36-56(64(54)68)53-33-37-57(69(61)71)67(59)63(53)55)72-66(48-32-16-24-42-18-8-10-26-46(42)48)52-30-14-12-28-50(52)62(70(58)72)44-21-5-2-6-22-44/h1-40H. The lowest BCUT2D eigenvalue weighted by molar-refractivity contribution is 1.63. The van der Waals surface area contributed by atoms with Gasteiger partial charge in [-0.3, -0.25) is 0 Å². The molecule has 0 radical (unpaired) electrons. The van der Waals surface area contributed by atoms with Crippen LogP contribution in [0, 0.1) is 0 Å². The van der Waals surface area contributed by atoms with Crippen LogP contribution in [0.5, 0.6) is 0 Å². The maximum absolute atomic E-state index is 2.47. The molecule has 0 amide bonds. The van der Waals surface area contributed by atoms with Gasteiger partial charge in [0.05, 0.1) is 0 Å². The van der Waals surface area contributed by atoms with E-state index in [4.69, 9.17) is 0 Å². The van der Waals surface area contributed by atoms with E-state index in [-0.39, 0.29) is 0 Å². The molecule has 328 valence electrons. The molecule has 0 N–H and O–H groups in total. The van der Waals surface area contributed by atoms with Crippen molar-refractivity contribution in [3.63, 3.8) is 0 Å². The summed E-state index contributed by atoms with van der Waals surface area (Å²) in [6, 6.07) is 91.7. The fourth-order valence-electron chi connectivity index (χ4n) is 13.9. The van der Waals surface area contributed by atoms with E-state index in [0.717, 1.165) is 0 Å². The van der Waals surface area contributed by atoms with Crippen LogP contribution in [0.3, 0.4) is 0 Å². The second-order valence-electron chi connectivity index (χ2n) is 20.0. The van der Waals surface area contributed by atoms with Crippen LogP contribution in [-0.4, -0.2) is 0 Å². The minimum Gasteiger partial charge on any atom is -0.0622 e. The molecule has 72 heavy (non-hydrogen) atoms. The molecule has 0 bridgehead atoms. The Kier molecular flexibility index (Phi) is 7.55. The fraction of sp³-hybridized carbons (Fsp3) is 0. The molecule has 0 atom stereocenters. The Bertz CT molecular complexity index is 4540. The second kappa shape index (κ2) is 14.1. The summed E-state index contributed by atoms with van der Waals surface area (Å²) in [5, 5.41) is 20.8. The summed E-state index contributed by atoms with van der Waals surface area (Å²) in [5.74, 6) is 0. The molecule has 15 aromatic rings. The molecule has 0 aromatic heterocycles. The molecule has 15 aromatic carbocycles. The number of hydrogen-bond acceptors (Lipinski definition) is 0. The Balaban J connectivity index is 1.01. The summed E-state index contributed by atoms with van der Waals surface area (Å²) in [6.45, 7) is 0. The average Bonchev–Trinajstić information content (AvgIpc) is 3.96. The van der Waals surface area contributed by atoms with Crippen LogP contribution in [-0.2, 0) is 0 Å². The molecule has 0 spiro atoms. The van der Waals surface area contributed by atoms with Crippen LogP contribution in [0.4, 0.5) is 0 Å². The largest absolute Gasteiger partial charge is 0.0622 e. The minimum atomic E-state index is 1.24. The first-order valence-electron chi connectivity index (χ1n) is 25.3. The zero-order chi connectivity index (χ0) is 46.8. The van der Waals surface area contributed by atoms with E-state index >= 15 is 0 Å². The van der Waals surface area contributed by atoms with E-state index < -0.39 is 0 Å². The van der Waals surface area contributed by atoms with Crippen LogP contribution in [0.15, 0.2) is 243 Å². The Morgan fingerprint density at radius 3 is 0.806 bits per heavy atom. The number of hydrogen-bond donors (Lipinski definition) is 0. The van der Waals surface area contributed by atoms with Crippen molar-refractivity contribution in [2.24, 2.45) is 0 Å². The van der Waals surface area contributed by atoms with Crippen molar-refractivity contribution in [1.82, 2.24) is 0 Å². The fourth-order valence-corrected chi connectivity index (χ4v) is 13.9. The van der Waals surface area contributed by atoms with Crippen molar-refractivity contribution in [2.75, 3.05) is 0 Å². The van der Waals surface area contributed by atoms with E-state index in [1.807, 2.05) is 0 Å². The van der Waals surface area contributed by atoms with E-state index in [9.17, 15) is 0 Å². The van der Waals surface area contributed by atoms with Crippen molar-refractivity contribution >= 4 is 86.2 Å². The molecule has 2 aliphatic carbocycles. The third-order valence-corrected chi connectivity index (χ3v) is 16.7. The first-order chi connectivity index (χ1) is 35.8. The van der Waals surface area contributed by atoms with Gasteiger partial charge in [-0.1, -0.05) is 243 Å². The second-order valence-corrected chi connectivity index (χ2v) is 20.0. The maximum atomic E-state index is 2.47. The quantitative estimate of drug-likeness (QED) is 0.122. The molecule has 0 heterocycles. The maximum Gasteiger partial charge on any atom is -0.000718 e. The molecule has 0 fully saturated rings. The first-order valence-corrected chi connectivity index (χ1v) is 25.3. The van der Waals surface area contributed by atoms with E-state index in [1.54, 1.807) is 0 Å². The Hall–Kier alpha value is -9.36. The molecule has 0 unspecified atom stereocenters. The highest BCUT2D eigenvalue weighted by Crippen LogP contribution is 2.63. The molecular formula is C72H40. The highest BCUT2D eigenvalue weighted by Gasteiger charge is 2.35. The summed E-state index contributed by atoms with van der Waals surface area (Å²) in [5.41, 5.74) is 20.8. The number of rotatable bonds is 4. The highest BCUT2D eigenvalue weighted by molar-refractivity contribution is 6.42. The van der Waals surface area contributed by atoms with Crippen LogP contribution in [0.25, 0.3) is 175 Å². The molecule has 0 heteroatoms. The monoisotopic (exact) mass is 904 g/mol. The predicted molar refractivity (Wildman–Crippen MR) is 308 cm³/mol. The van der Waals surface area contributed by atoms with E-state index in [2.05, 4.69) is 243 Å². The summed E-state index contributed by atoms with van der Waals surface area (Å²) >= 11 is 0. The molecule has 0 saturated heterocycles. The van der Waals surface area contributed by atoms with Gasteiger partial charge in [-0.25, -0.2) is 0 Å². The van der Waals surface area contributed by atoms with Gasteiger partial charge in [0.2, 0.25) is 0 Å². The summed E-state index contributed by atoms with van der Waals surface area (Å²) in [4.78, 5) is 0. The molecule has 2 aliphatic rings. The van der Waals surface area contributed by atoms with Crippen LogP contribution < -0.4 is 0 Å². The summed E-state index contributed by atoms with van der Waals surface area (Å²) < 4.78 is 0. The highest BCUT2D eigenvalue weighted by atomic mass is 14.4. The van der Waals surface area contributed by atoms with Gasteiger partial charge in [0.25, 0.3) is 0 Å². The van der Waals surface area contributed by atoms with E-state index in [0.29, 0.717) is 0 Å². The zero-order valence-electron chi connectivity index (χ0n) is 39.1. The lowest BCUT2D eigenvalue weighted by atomic mass is 9.81. The predicted octanol–water partition coefficient (Wildman–Crippen LogP) is 20.3. The van der Waals surface area contributed by atoms with Gasteiger partial charge >= 0.3 is 0 Å². The van der Waals surface area contributed by atoms with Gasteiger partial charge in [-0.2, -0.15) is 0 Å². The van der Waals surface area contributed by atoms with Crippen molar-refractivity contribution in [3.8, 4) is 89.0 Å². The summed E-state index contributed by atoms with van der Waals surface area (Å²) in [6.07, 6.45) is 0. The van der Waals surface area contributed by atoms with Crippen molar-refractivity contribution in [2.45, 2.75) is 0 Å². The van der Waals surface area contributed by atoms with Crippen LogP contribution >= 0.6 is 0 Å². The van der Waals surface area contributed by atoms with Gasteiger partial charge in [0, 0.05) is 0 Å². The average molecular weight is 905 g/mol. The normalized spacial score (nSPS) is 12.4. The SMILES string of the molecule is c1ccc(-c2c3c(c(-c4cccc5ccccc45)c4ccccc24)-c2ccc4c5ccc6c7c(ccc(c8ccc-3c2c84)c75)-c2c-6c(-c3ccccc3)c3ccccc3c2-c2cccc3ccccc23)cc1. The summed E-state index contributed by atoms with van der Waals surface area (Å²) in [7, 11) is 0. The Morgan fingerprint density at radius 2 is 0.431 bits per heavy atom.